The number of likely N-dealkylation sites (N-methyl/N-ethyl adjacent to an activating group) is 1. The van der Waals surface area contributed by atoms with E-state index in [4.69, 9.17) is 9.47 Å². The Bertz CT molecular complexity index is 1650. The molecule has 11 nitrogen and oxygen atoms in total. The first kappa shape index (κ1) is 34.5. The number of nitrogens with one attached hydrogen (secondary N) is 2. The third kappa shape index (κ3) is 7.71. The highest BCUT2D eigenvalue weighted by Gasteiger charge is 2.36. The molecular weight excluding hydrogens is 629 g/mol. The molecule has 1 heterocycles. The maximum atomic E-state index is 13.7. The van der Waals surface area contributed by atoms with Crippen LogP contribution in [0.4, 0.5) is 29.3 Å². The van der Waals surface area contributed by atoms with E-state index in [2.05, 4.69) is 10.6 Å². The number of carbonyl (C=O) groups excluding carboxylic acids is 2. The molecule has 0 spiro atoms. The van der Waals surface area contributed by atoms with Crippen LogP contribution in [0, 0.1) is 5.92 Å². The van der Waals surface area contributed by atoms with Crippen molar-refractivity contribution in [2.75, 3.05) is 44.5 Å². The van der Waals surface area contributed by atoms with Crippen LogP contribution in [0.15, 0.2) is 71.6 Å². The zero-order valence-electron chi connectivity index (χ0n) is 25.5. The van der Waals surface area contributed by atoms with Crippen molar-refractivity contribution in [3.05, 3.63) is 77.9 Å². The Morgan fingerprint density at radius 3 is 2.35 bits per heavy atom. The van der Waals surface area contributed by atoms with Gasteiger partial charge in [0, 0.05) is 25.2 Å². The number of urea groups is 1. The van der Waals surface area contributed by atoms with E-state index in [1.54, 1.807) is 13.8 Å². The first-order valence-corrected chi connectivity index (χ1v) is 15.7. The maximum Gasteiger partial charge on any atom is 0.416 e. The number of fused-ring (bicyclic) bond motifs is 1. The van der Waals surface area contributed by atoms with Gasteiger partial charge in [0.25, 0.3) is 5.91 Å². The van der Waals surface area contributed by atoms with Gasteiger partial charge >= 0.3 is 12.2 Å². The van der Waals surface area contributed by atoms with Crippen molar-refractivity contribution in [3.63, 3.8) is 0 Å². The minimum atomic E-state index is -4.54. The van der Waals surface area contributed by atoms with Crippen LogP contribution in [-0.2, 0) is 16.2 Å². The molecule has 3 aromatic carbocycles. The number of hydrogen-bond acceptors (Lipinski definition) is 7. The van der Waals surface area contributed by atoms with Crippen LogP contribution >= 0.6 is 0 Å². The molecule has 46 heavy (non-hydrogen) atoms. The largest absolute Gasteiger partial charge is 0.497 e. The van der Waals surface area contributed by atoms with Crippen molar-refractivity contribution < 1.29 is 45.8 Å². The lowest BCUT2D eigenvalue weighted by Gasteiger charge is -2.38. The third-order valence-corrected chi connectivity index (χ3v) is 9.45. The first-order chi connectivity index (χ1) is 21.6. The molecule has 248 valence electrons. The average molecular weight is 665 g/mol. The predicted octanol–water partition coefficient (Wildman–Crippen LogP) is 4.90. The summed E-state index contributed by atoms with van der Waals surface area (Å²) in [6.45, 7) is 3.10. The second kappa shape index (κ2) is 14.0. The normalized spacial score (nSPS) is 17.8. The number of ether oxygens (including phenoxy) is 2. The SMILES string of the molecule is COc1ccc(S(=O)(=O)N(C)C[C@@H]2Oc3c(NC(=O)Nc4ccc(C(F)(F)F)cc4)cccc3C(=O)N([C@H](C)CO)C[C@@H]2C)cc1. The Kier molecular flexibility index (Phi) is 10.5. The number of rotatable bonds is 9. The van der Waals surface area contributed by atoms with E-state index in [1.807, 2.05) is 0 Å². The van der Waals surface area contributed by atoms with Gasteiger partial charge in [-0.05, 0) is 67.6 Å². The molecule has 3 amide bonds. The molecule has 3 atom stereocenters. The number of anilines is 2. The number of benzene rings is 3. The smallest absolute Gasteiger partial charge is 0.416 e. The number of aliphatic hydroxyl groups excluding tert-OH is 1. The molecule has 0 fully saturated rings. The van der Waals surface area contributed by atoms with E-state index in [9.17, 15) is 36.3 Å². The monoisotopic (exact) mass is 664 g/mol. The van der Waals surface area contributed by atoms with E-state index < -0.39 is 51.8 Å². The lowest BCUT2D eigenvalue weighted by Crippen LogP contribution is -2.50. The zero-order valence-corrected chi connectivity index (χ0v) is 26.4. The Hall–Kier alpha value is -4.34. The number of alkyl halides is 3. The molecule has 0 aliphatic carbocycles. The molecule has 1 aliphatic heterocycles. The van der Waals surface area contributed by atoms with Gasteiger partial charge in [-0.1, -0.05) is 13.0 Å². The summed E-state index contributed by atoms with van der Waals surface area (Å²) >= 11 is 0. The fourth-order valence-corrected chi connectivity index (χ4v) is 6.05. The number of halogens is 3. The molecule has 15 heteroatoms. The van der Waals surface area contributed by atoms with Gasteiger partial charge in [0.1, 0.15) is 11.9 Å². The highest BCUT2D eigenvalue weighted by atomic mass is 32.2. The van der Waals surface area contributed by atoms with Crippen LogP contribution in [0.3, 0.4) is 0 Å². The van der Waals surface area contributed by atoms with Gasteiger partial charge in [-0.3, -0.25) is 4.79 Å². The number of amides is 3. The maximum absolute atomic E-state index is 13.7. The molecule has 3 aromatic rings. The fraction of sp³-hybridized carbons (Fsp3) is 0.355. The number of carbonyl (C=O) groups is 2. The van der Waals surface area contributed by atoms with Crippen molar-refractivity contribution in [1.82, 2.24) is 9.21 Å². The third-order valence-electron chi connectivity index (χ3n) is 7.61. The molecule has 4 rings (SSSR count). The highest BCUT2D eigenvalue weighted by Crippen LogP contribution is 2.36. The van der Waals surface area contributed by atoms with Gasteiger partial charge in [0.15, 0.2) is 5.75 Å². The predicted molar refractivity (Wildman–Crippen MR) is 165 cm³/mol. The van der Waals surface area contributed by atoms with E-state index in [-0.39, 0.29) is 47.3 Å². The van der Waals surface area contributed by atoms with E-state index in [1.165, 1.54) is 61.5 Å². The molecule has 0 aromatic heterocycles. The lowest BCUT2D eigenvalue weighted by molar-refractivity contribution is -0.137. The zero-order chi connectivity index (χ0) is 33.8. The number of sulfonamides is 1. The van der Waals surface area contributed by atoms with Gasteiger partial charge in [-0.2, -0.15) is 17.5 Å². The average Bonchev–Trinajstić information content (AvgIpc) is 3.02. The van der Waals surface area contributed by atoms with Gasteiger partial charge in [0.2, 0.25) is 10.0 Å². The summed E-state index contributed by atoms with van der Waals surface area (Å²) in [7, 11) is -1.11. The van der Waals surface area contributed by atoms with Crippen molar-refractivity contribution in [2.45, 2.75) is 37.1 Å². The summed E-state index contributed by atoms with van der Waals surface area (Å²) in [6, 6.07) is 12.8. The van der Waals surface area contributed by atoms with Crippen LogP contribution < -0.4 is 20.1 Å². The van der Waals surface area contributed by atoms with Gasteiger partial charge in [0.05, 0.1) is 48.0 Å². The molecule has 3 N–H and O–H groups in total. The van der Waals surface area contributed by atoms with Crippen molar-refractivity contribution >= 4 is 33.3 Å². The van der Waals surface area contributed by atoms with Crippen LogP contribution in [0.5, 0.6) is 11.5 Å². The first-order valence-electron chi connectivity index (χ1n) is 14.2. The Balaban J connectivity index is 1.65. The fourth-order valence-electron chi connectivity index (χ4n) is 4.87. The summed E-state index contributed by atoms with van der Waals surface area (Å²) in [5.41, 5.74) is -0.673. The topological polar surface area (TPSA) is 138 Å². The Labute approximate surface area is 265 Å². The Morgan fingerprint density at radius 1 is 1.11 bits per heavy atom. The number of aliphatic hydroxyl groups is 1. The quantitative estimate of drug-likeness (QED) is 0.296. The van der Waals surface area contributed by atoms with Gasteiger partial charge < -0.3 is 30.1 Å². The summed E-state index contributed by atoms with van der Waals surface area (Å²) in [4.78, 5) is 28.1. The van der Waals surface area contributed by atoms with Crippen molar-refractivity contribution in [1.29, 1.82) is 0 Å². The van der Waals surface area contributed by atoms with Crippen LogP contribution in [0.1, 0.15) is 29.8 Å². The van der Waals surface area contributed by atoms with Crippen LogP contribution in [0.2, 0.25) is 0 Å². The summed E-state index contributed by atoms with van der Waals surface area (Å²) in [5, 5.41) is 14.9. The molecular formula is C31H35F3N4O7S. The number of hydrogen-bond donors (Lipinski definition) is 3. The second-order valence-corrected chi connectivity index (χ2v) is 13.0. The van der Waals surface area contributed by atoms with Crippen LogP contribution in [0.25, 0.3) is 0 Å². The standard InChI is InChI=1S/C31H35F3N4O7S/c1-19-16-38(20(2)18-39)29(40)25-6-5-7-26(36-30(41)35-22-10-8-21(9-11-22)31(32,33)34)28(25)45-27(19)17-37(3)46(42,43)24-14-12-23(44-4)13-15-24/h5-15,19-20,27,39H,16-18H2,1-4H3,(H2,35,36,41)/t19-,20+,27-/m0/s1. The van der Waals surface area contributed by atoms with Crippen LogP contribution in [-0.4, -0.2) is 80.7 Å². The number of methoxy groups -OCH3 is 1. The molecule has 1 aliphatic rings. The van der Waals surface area contributed by atoms with E-state index in [0.29, 0.717) is 5.75 Å². The molecule has 0 saturated heterocycles. The van der Waals surface area contributed by atoms with Crippen molar-refractivity contribution in [2.24, 2.45) is 5.92 Å². The van der Waals surface area contributed by atoms with Gasteiger partial charge in [-0.25, -0.2) is 13.2 Å². The summed E-state index contributed by atoms with van der Waals surface area (Å²) in [6.07, 6.45) is -5.37. The van der Waals surface area contributed by atoms with Crippen molar-refractivity contribution in [3.8, 4) is 11.5 Å². The second-order valence-electron chi connectivity index (χ2n) is 10.9. The molecule has 0 saturated carbocycles. The number of nitrogens with zero attached hydrogens (tertiary/aromatic N) is 2. The minimum absolute atomic E-state index is 0.0303. The molecule has 0 radical (unpaired) electrons. The lowest BCUT2D eigenvalue weighted by atomic mass is 9.99. The summed E-state index contributed by atoms with van der Waals surface area (Å²) < 4.78 is 78.3. The molecule has 0 unspecified atom stereocenters. The highest BCUT2D eigenvalue weighted by molar-refractivity contribution is 7.89. The van der Waals surface area contributed by atoms with E-state index >= 15 is 0 Å². The van der Waals surface area contributed by atoms with Gasteiger partial charge in [-0.15, -0.1) is 0 Å². The minimum Gasteiger partial charge on any atom is -0.497 e. The number of para-hydroxylation sites is 1. The summed E-state index contributed by atoms with van der Waals surface area (Å²) in [5.74, 6) is -0.473. The Morgan fingerprint density at radius 2 is 1.76 bits per heavy atom. The van der Waals surface area contributed by atoms with E-state index in [0.717, 1.165) is 28.6 Å². The molecule has 0 bridgehead atoms.